The summed E-state index contributed by atoms with van der Waals surface area (Å²) in [5.74, 6) is -2.36. The molecule has 34 heavy (non-hydrogen) atoms. The van der Waals surface area contributed by atoms with Gasteiger partial charge in [-0.25, -0.2) is 0 Å². The Hall–Kier alpha value is -3.64. The van der Waals surface area contributed by atoms with Crippen LogP contribution in [0.25, 0.3) is 0 Å². The van der Waals surface area contributed by atoms with Crippen LogP contribution in [-0.2, 0) is 25.5 Å². The second-order valence-corrected chi connectivity index (χ2v) is 8.99. The maximum absolute atomic E-state index is 14.1. The summed E-state index contributed by atoms with van der Waals surface area (Å²) in [5.41, 5.74) is -0.369. The predicted molar refractivity (Wildman–Crippen MR) is 125 cm³/mol. The molecule has 5 rings (SSSR count). The Morgan fingerprint density at radius 3 is 2.29 bits per heavy atom. The molecule has 1 N–H and O–H groups in total. The standard InChI is InChI=1S/C28H26O6/c1-16-14-17(2)23-21(15-16)34-28(19-10-12-20(32-3)13-11-19)24(18-8-6-5-7-9-18)22(26(30)33-4)25(29)27(23,28)31/h5-15,22,24,31H,1-4H3/t22-,24-,27+,28+/m0/s1. The SMILES string of the molecule is COC(=O)[C@@H]1C(=O)[C@]2(O)c3c(C)cc(C)cc3O[C@]2(c2ccc(OC)cc2)[C@H]1c1ccccc1. The Morgan fingerprint density at radius 2 is 1.68 bits per heavy atom. The molecule has 3 aromatic rings. The zero-order valence-corrected chi connectivity index (χ0v) is 19.5. The Labute approximate surface area is 198 Å². The van der Waals surface area contributed by atoms with Gasteiger partial charge in [0.2, 0.25) is 0 Å². The van der Waals surface area contributed by atoms with Crippen molar-refractivity contribution in [1.82, 2.24) is 0 Å². The first kappa shape index (κ1) is 22.2. The number of aryl methyl sites for hydroxylation is 2. The van der Waals surface area contributed by atoms with Gasteiger partial charge in [-0.05, 0) is 48.7 Å². The number of esters is 1. The van der Waals surface area contributed by atoms with Gasteiger partial charge < -0.3 is 19.3 Å². The molecule has 1 aliphatic heterocycles. The fourth-order valence-electron chi connectivity index (χ4n) is 5.86. The molecule has 0 radical (unpaired) electrons. The lowest BCUT2D eigenvalue weighted by molar-refractivity contribution is -0.155. The normalized spacial score (nSPS) is 27.0. The third-order valence-corrected chi connectivity index (χ3v) is 7.16. The average molecular weight is 459 g/mol. The number of carbonyl (C=O) groups is 2. The largest absolute Gasteiger partial charge is 0.497 e. The Balaban J connectivity index is 1.89. The second-order valence-electron chi connectivity index (χ2n) is 8.99. The maximum Gasteiger partial charge on any atom is 0.317 e. The van der Waals surface area contributed by atoms with Crippen molar-refractivity contribution >= 4 is 11.8 Å². The van der Waals surface area contributed by atoms with Crippen molar-refractivity contribution in [3.8, 4) is 11.5 Å². The maximum atomic E-state index is 14.1. The van der Waals surface area contributed by atoms with Crippen LogP contribution in [0.4, 0.5) is 0 Å². The number of benzene rings is 3. The number of fused-ring (bicyclic) bond motifs is 3. The number of rotatable bonds is 4. The smallest absolute Gasteiger partial charge is 0.317 e. The molecule has 0 spiro atoms. The van der Waals surface area contributed by atoms with Crippen LogP contribution in [-0.4, -0.2) is 31.1 Å². The monoisotopic (exact) mass is 458 g/mol. The number of ketones is 1. The quantitative estimate of drug-likeness (QED) is 0.471. The minimum Gasteiger partial charge on any atom is -0.497 e. The number of aliphatic hydroxyl groups is 1. The summed E-state index contributed by atoms with van der Waals surface area (Å²) in [7, 11) is 2.82. The first-order chi connectivity index (χ1) is 16.3. The fraction of sp³-hybridized carbons (Fsp3) is 0.286. The van der Waals surface area contributed by atoms with E-state index >= 15 is 0 Å². The average Bonchev–Trinajstić information content (AvgIpc) is 3.22. The summed E-state index contributed by atoms with van der Waals surface area (Å²) < 4.78 is 17.1. The van der Waals surface area contributed by atoms with Gasteiger partial charge in [0.1, 0.15) is 17.4 Å². The van der Waals surface area contributed by atoms with Crippen molar-refractivity contribution in [2.75, 3.05) is 14.2 Å². The zero-order valence-electron chi connectivity index (χ0n) is 19.5. The van der Waals surface area contributed by atoms with E-state index in [1.165, 1.54) is 7.11 Å². The van der Waals surface area contributed by atoms with E-state index in [1.54, 1.807) is 31.4 Å². The molecular formula is C28H26O6. The minimum atomic E-state index is -2.10. The molecule has 0 saturated heterocycles. The van der Waals surface area contributed by atoms with E-state index in [0.717, 1.165) is 11.1 Å². The molecule has 0 unspecified atom stereocenters. The van der Waals surface area contributed by atoms with E-state index in [4.69, 9.17) is 14.2 Å². The molecule has 0 bridgehead atoms. The topological polar surface area (TPSA) is 82.1 Å². The molecule has 1 fully saturated rings. The van der Waals surface area contributed by atoms with Crippen molar-refractivity contribution in [3.63, 3.8) is 0 Å². The number of hydrogen-bond donors (Lipinski definition) is 1. The highest BCUT2D eigenvalue weighted by atomic mass is 16.5. The molecule has 1 aliphatic carbocycles. The van der Waals surface area contributed by atoms with Gasteiger partial charge in [0.05, 0.1) is 20.1 Å². The number of methoxy groups -OCH3 is 2. The van der Waals surface area contributed by atoms with Crippen LogP contribution in [0.1, 0.15) is 33.7 Å². The molecule has 6 heteroatoms. The molecule has 1 heterocycles. The first-order valence-electron chi connectivity index (χ1n) is 11.1. The molecule has 3 aromatic carbocycles. The van der Waals surface area contributed by atoms with Crippen LogP contribution >= 0.6 is 0 Å². The Morgan fingerprint density at radius 1 is 1.00 bits per heavy atom. The van der Waals surface area contributed by atoms with E-state index in [9.17, 15) is 14.7 Å². The van der Waals surface area contributed by atoms with E-state index in [-0.39, 0.29) is 0 Å². The number of ether oxygens (including phenoxy) is 3. The van der Waals surface area contributed by atoms with Crippen molar-refractivity contribution in [2.45, 2.75) is 31.0 Å². The number of hydrogen-bond acceptors (Lipinski definition) is 6. The van der Waals surface area contributed by atoms with Gasteiger partial charge in [0.15, 0.2) is 17.0 Å². The lowest BCUT2D eigenvalue weighted by Crippen LogP contribution is -2.50. The third kappa shape index (κ3) is 2.72. The van der Waals surface area contributed by atoms with Crippen molar-refractivity contribution in [1.29, 1.82) is 0 Å². The lowest BCUT2D eigenvalue weighted by atomic mass is 9.70. The van der Waals surface area contributed by atoms with Gasteiger partial charge >= 0.3 is 5.97 Å². The molecule has 2 aliphatic rings. The molecule has 0 amide bonds. The van der Waals surface area contributed by atoms with Crippen LogP contribution in [0.2, 0.25) is 0 Å². The number of Topliss-reactive ketones (excluding diaryl/α,β-unsaturated/α-hetero) is 1. The van der Waals surface area contributed by atoms with Crippen molar-refractivity contribution in [2.24, 2.45) is 5.92 Å². The lowest BCUT2D eigenvalue weighted by Gasteiger charge is -2.39. The van der Waals surface area contributed by atoms with E-state index < -0.39 is 34.8 Å². The molecule has 6 nitrogen and oxygen atoms in total. The Kier molecular flexibility index (Phi) is 5.02. The van der Waals surface area contributed by atoms with Crippen LogP contribution in [0.5, 0.6) is 11.5 Å². The summed E-state index contributed by atoms with van der Waals surface area (Å²) in [6.45, 7) is 3.77. The van der Waals surface area contributed by atoms with Gasteiger partial charge in [0, 0.05) is 11.1 Å². The van der Waals surface area contributed by atoms with Crippen LogP contribution in [0, 0.1) is 19.8 Å². The summed E-state index contributed by atoms with van der Waals surface area (Å²) in [4.78, 5) is 27.2. The van der Waals surface area contributed by atoms with E-state index in [1.807, 2.05) is 56.3 Å². The highest BCUT2D eigenvalue weighted by Crippen LogP contribution is 2.67. The second kappa shape index (κ2) is 7.71. The van der Waals surface area contributed by atoms with Crippen molar-refractivity contribution < 1.29 is 28.9 Å². The highest BCUT2D eigenvalue weighted by molar-refractivity contribution is 6.09. The molecule has 174 valence electrons. The van der Waals surface area contributed by atoms with Gasteiger partial charge in [0.25, 0.3) is 0 Å². The predicted octanol–water partition coefficient (Wildman–Crippen LogP) is 3.94. The van der Waals surface area contributed by atoms with Crippen LogP contribution in [0.15, 0.2) is 66.7 Å². The van der Waals surface area contributed by atoms with Crippen LogP contribution < -0.4 is 9.47 Å². The van der Waals surface area contributed by atoms with Gasteiger partial charge in [-0.1, -0.05) is 48.5 Å². The van der Waals surface area contributed by atoms with E-state index in [0.29, 0.717) is 28.2 Å². The molecule has 1 saturated carbocycles. The minimum absolute atomic E-state index is 0.395. The molecule has 0 aromatic heterocycles. The third-order valence-electron chi connectivity index (χ3n) is 7.16. The van der Waals surface area contributed by atoms with Crippen molar-refractivity contribution in [3.05, 3.63) is 94.5 Å². The number of carbonyl (C=O) groups excluding carboxylic acids is 2. The first-order valence-corrected chi connectivity index (χ1v) is 11.1. The van der Waals surface area contributed by atoms with Gasteiger partial charge in [-0.2, -0.15) is 0 Å². The fourth-order valence-corrected chi connectivity index (χ4v) is 5.86. The summed E-state index contributed by atoms with van der Waals surface area (Å²) in [5, 5.41) is 12.5. The van der Waals surface area contributed by atoms with Crippen LogP contribution in [0.3, 0.4) is 0 Å². The Bertz CT molecular complexity index is 1280. The summed E-state index contributed by atoms with van der Waals surface area (Å²) >= 11 is 0. The zero-order chi connectivity index (χ0) is 24.3. The summed E-state index contributed by atoms with van der Waals surface area (Å²) in [6.07, 6.45) is 0. The van der Waals surface area contributed by atoms with Gasteiger partial charge in [-0.3, -0.25) is 9.59 Å². The summed E-state index contributed by atoms with van der Waals surface area (Å²) in [6, 6.07) is 20.0. The van der Waals surface area contributed by atoms with E-state index in [2.05, 4.69) is 0 Å². The van der Waals surface area contributed by atoms with Gasteiger partial charge in [-0.15, -0.1) is 0 Å². The molecule has 4 atom stereocenters. The molecular weight excluding hydrogens is 432 g/mol. The highest BCUT2D eigenvalue weighted by Gasteiger charge is 2.78.